The topological polar surface area (TPSA) is 55.4 Å². The van der Waals surface area contributed by atoms with E-state index in [0.29, 0.717) is 10.6 Å². The molecule has 5 heteroatoms. The van der Waals surface area contributed by atoms with Gasteiger partial charge in [-0.15, -0.1) is 11.3 Å². The number of nitrogens with one attached hydrogen (secondary N) is 1. The van der Waals surface area contributed by atoms with Crippen LogP contribution in [0.25, 0.3) is 0 Å². The fraction of sp³-hybridized carbons (Fsp3) is 0.200. The molecule has 0 bridgehead atoms. The van der Waals surface area contributed by atoms with E-state index in [0.717, 1.165) is 12.0 Å². The first-order chi connectivity index (χ1) is 9.69. The van der Waals surface area contributed by atoms with Crippen LogP contribution < -0.4 is 10.1 Å². The van der Waals surface area contributed by atoms with Gasteiger partial charge in [-0.1, -0.05) is 25.1 Å². The monoisotopic (exact) mass is 289 g/mol. The van der Waals surface area contributed by atoms with Gasteiger partial charge in [0.05, 0.1) is 4.88 Å². The second-order valence-corrected chi connectivity index (χ2v) is 5.08. The van der Waals surface area contributed by atoms with Crippen molar-refractivity contribution in [2.75, 3.05) is 6.54 Å². The second kappa shape index (κ2) is 6.86. The van der Waals surface area contributed by atoms with Crippen molar-refractivity contribution in [2.24, 2.45) is 0 Å². The van der Waals surface area contributed by atoms with Crippen LogP contribution in [0.5, 0.6) is 5.75 Å². The molecular formula is C15H15NO3S. The maximum Gasteiger partial charge on any atom is 0.330 e. The van der Waals surface area contributed by atoms with E-state index in [1.165, 1.54) is 11.3 Å². The van der Waals surface area contributed by atoms with Crippen LogP contribution in [0.15, 0.2) is 41.8 Å². The fourth-order valence-corrected chi connectivity index (χ4v) is 2.28. The molecule has 4 nitrogen and oxygen atoms in total. The zero-order valence-corrected chi connectivity index (χ0v) is 11.9. The molecule has 2 aromatic rings. The Morgan fingerprint density at radius 2 is 2.10 bits per heavy atom. The van der Waals surface area contributed by atoms with Crippen LogP contribution in [0.3, 0.4) is 0 Å². The van der Waals surface area contributed by atoms with Gasteiger partial charge in [0.1, 0.15) is 12.3 Å². The van der Waals surface area contributed by atoms with E-state index in [-0.39, 0.29) is 12.5 Å². The SMILES string of the molecule is CCc1cccc(OC(=O)CNC(=O)c2cccs2)c1. The third kappa shape index (κ3) is 3.93. The molecule has 0 spiro atoms. The van der Waals surface area contributed by atoms with E-state index in [9.17, 15) is 9.59 Å². The van der Waals surface area contributed by atoms with E-state index < -0.39 is 5.97 Å². The van der Waals surface area contributed by atoms with Gasteiger partial charge < -0.3 is 10.1 Å². The Morgan fingerprint density at radius 1 is 1.25 bits per heavy atom. The van der Waals surface area contributed by atoms with Crippen LogP contribution in [0.1, 0.15) is 22.2 Å². The Balaban J connectivity index is 1.85. The summed E-state index contributed by atoms with van der Waals surface area (Å²) in [5.41, 5.74) is 1.10. The number of carbonyl (C=O) groups excluding carboxylic acids is 2. The summed E-state index contributed by atoms with van der Waals surface area (Å²) in [6.07, 6.45) is 0.876. The molecule has 1 N–H and O–H groups in total. The van der Waals surface area contributed by atoms with Crippen LogP contribution in [0, 0.1) is 0 Å². The smallest absolute Gasteiger partial charge is 0.330 e. The molecule has 0 aliphatic rings. The van der Waals surface area contributed by atoms with Crippen LogP contribution >= 0.6 is 11.3 Å². The van der Waals surface area contributed by atoms with Gasteiger partial charge in [0, 0.05) is 0 Å². The van der Waals surface area contributed by atoms with Crippen molar-refractivity contribution >= 4 is 23.2 Å². The number of esters is 1. The molecule has 0 saturated heterocycles. The van der Waals surface area contributed by atoms with Crippen molar-refractivity contribution in [2.45, 2.75) is 13.3 Å². The number of ether oxygens (including phenoxy) is 1. The summed E-state index contributed by atoms with van der Waals surface area (Å²) in [5, 5.41) is 4.34. The standard InChI is InChI=1S/C15H15NO3S/c1-2-11-5-3-6-12(9-11)19-14(17)10-16-15(18)13-7-4-8-20-13/h3-9H,2,10H2,1H3,(H,16,18). The number of amides is 1. The highest BCUT2D eigenvalue weighted by atomic mass is 32.1. The number of rotatable bonds is 5. The summed E-state index contributed by atoms with van der Waals surface area (Å²) in [7, 11) is 0. The zero-order chi connectivity index (χ0) is 14.4. The minimum Gasteiger partial charge on any atom is -0.425 e. The molecule has 0 aliphatic heterocycles. The van der Waals surface area contributed by atoms with Crippen LogP contribution in [0.2, 0.25) is 0 Å². The van der Waals surface area contributed by atoms with Gasteiger partial charge in [-0.3, -0.25) is 4.79 Å². The number of benzene rings is 1. The Morgan fingerprint density at radius 3 is 2.80 bits per heavy atom. The molecule has 20 heavy (non-hydrogen) atoms. The summed E-state index contributed by atoms with van der Waals surface area (Å²) < 4.78 is 5.17. The van der Waals surface area contributed by atoms with Gasteiger partial charge in [0.15, 0.2) is 0 Å². The molecule has 1 amide bonds. The first-order valence-corrected chi connectivity index (χ1v) is 7.18. The quantitative estimate of drug-likeness (QED) is 0.680. The summed E-state index contributed by atoms with van der Waals surface area (Å²) >= 11 is 1.33. The van der Waals surface area contributed by atoms with Crippen LogP contribution in [0.4, 0.5) is 0 Å². The van der Waals surface area contributed by atoms with Crippen molar-refractivity contribution in [3.63, 3.8) is 0 Å². The van der Waals surface area contributed by atoms with E-state index >= 15 is 0 Å². The van der Waals surface area contributed by atoms with Gasteiger partial charge in [-0.05, 0) is 35.6 Å². The molecule has 0 unspecified atom stereocenters. The average Bonchev–Trinajstić information content (AvgIpc) is 2.99. The third-order valence-corrected chi connectivity index (χ3v) is 3.55. The zero-order valence-electron chi connectivity index (χ0n) is 11.1. The van der Waals surface area contributed by atoms with Gasteiger partial charge in [0.2, 0.25) is 0 Å². The molecule has 0 radical (unpaired) electrons. The maximum absolute atomic E-state index is 11.7. The molecular weight excluding hydrogens is 274 g/mol. The predicted octanol–water partition coefficient (Wildman–Crippen LogP) is 2.65. The van der Waals surface area contributed by atoms with E-state index in [4.69, 9.17) is 4.74 Å². The largest absolute Gasteiger partial charge is 0.425 e. The van der Waals surface area contributed by atoms with Crippen LogP contribution in [-0.2, 0) is 11.2 Å². The maximum atomic E-state index is 11.7. The van der Waals surface area contributed by atoms with Gasteiger partial charge in [-0.2, -0.15) is 0 Å². The Kier molecular flexibility index (Phi) is 4.90. The minimum absolute atomic E-state index is 0.146. The van der Waals surface area contributed by atoms with Crippen molar-refractivity contribution in [3.8, 4) is 5.75 Å². The lowest BCUT2D eigenvalue weighted by atomic mass is 10.2. The first kappa shape index (κ1) is 14.3. The lowest BCUT2D eigenvalue weighted by Gasteiger charge is -2.06. The van der Waals surface area contributed by atoms with Gasteiger partial charge in [0.25, 0.3) is 5.91 Å². The summed E-state index contributed by atoms with van der Waals surface area (Å²) in [6, 6.07) is 10.8. The number of carbonyl (C=O) groups is 2. The van der Waals surface area contributed by atoms with Gasteiger partial charge in [-0.25, -0.2) is 4.79 Å². The van der Waals surface area contributed by atoms with E-state index in [1.54, 1.807) is 18.2 Å². The molecule has 104 valence electrons. The minimum atomic E-state index is -0.483. The van der Waals surface area contributed by atoms with E-state index in [2.05, 4.69) is 5.32 Å². The average molecular weight is 289 g/mol. The summed E-state index contributed by atoms with van der Waals surface area (Å²) in [6.45, 7) is 1.88. The molecule has 1 aromatic heterocycles. The number of thiophene rings is 1. The summed E-state index contributed by atoms with van der Waals surface area (Å²) in [4.78, 5) is 23.9. The van der Waals surface area contributed by atoms with Gasteiger partial charge >= 0.3 is 5.97 Å². The normalized spacial score (nSPS) is 10.1. The number of aryl methyl sites for hydroxylation is 1. The highest BCUT2D eigenvalue weighted by Crippen LogP contribution is 2.13. The predicted molar refractivity (Wildman–Crippen MR) is 78.1 cm³/mol. The molecule has 1 heterocycles. The molecule has 0 fully saturated rings. The molecule has 1 aromatic carbocycles. The molecule has 0 atom stereocenters. The molecule has 2 rings (SSSR count). The van der Waals surface area contributed by atoms with E-state index in [1.807, 2.05) is 30.5 Å². The second-order valence-electron chi connectivity index (χ2n) is 4.14. The van der Waals surface area contributed by atoms with Crippen molar-refractivity contribution in [1.82, 2.24) is 5.32 Å². The lowest BCUT2D eigenvalue weighted by Crippen LogP contribution is -2.31. The lowest BCUT2D eigenvalue weighted by molar-refractivity contribution is -0.133. The summed E-state index contributed by atoms with van der Waals surface area (Å²) in [5.74, 6) is -0.248. The number of hydrogen-bond acceptors (Lipinski definition) is 4. The Bertz CT molecular complexity index is 593. The fourth-order valence-electron chi connectivity index (χ4n) is 1.64. The van der Waals surface area contributed by atoms with Crippen molar-refractivity contribution < 1.29 is 14.3 Å². The number of hydrogen-bond donors (Lipinski definition) is 1. The highest BCUT2D eigenvalue weighted by molar-refractivity contribution is 7.12. The van der Waals surface area contributed by atoms with Crippen molar-refractivity contribution in [3.05, 3.63) is 52.2 Å². The Hall–Kier alpha value is -2.14. The van der Waals surface area contributed by atoms with Crippen molar-refractivity contribution in [1.29, 1.82) is 0 Å². The third-order valence-electron chi connectivity index (χ3n) is 2.68. The highest BCUT2D eigenvalue weighted by Gasteiger charge is 2.10. The first-order valence-electron chi connectivity index (χ1n) is 6.30. The molecule has 0 aliphatic carbocycles. The van der Waals surface area contributed by atoms with Crippen LogP contribution in [-0.4, -0.2) is 18.4 Å². The Labute approximate surface area is 121 Å². The molecule has 0 saturated carbocycles.